The zero-order chi connectivity index (χ0) is 23.9. The van der Waals surface area contributed by atoms with Gasteiger partial charge in [-0.15, -0.1) is 0 Å². The van der Waals surface area contributed by atoms with Gasteiger partial charge in [-0.3, -0.25) is 4.79 Å². The predicted molar refractivity (Wildman–Crippen MR) is 128 cm³/mol. The maximum Gasteiger partial charge on any atom is 0.413 e. The van der Waals surface area contributed by atoms with E-state index in [0.29, 0.717) is 17.7 Å². The number of unbranched alkanes of at least 4 members (excludes halogenated alkanes) is 2. The molecule has 0 spiro atoms. The van der Waals surface area contributed by atoms with Crippen LogP contribution in [-0.4, -0.2) is 30.3 Å². The lowest BCUT2D eigenvalue weighted by atomic mass is 10.00. The lowest BCUT2D eigenvalue weighted by Crippen LogP contribution is -2.33. The average molecular weight is 446 g/mol. The van der Waals surface area contributed by atoms with Crippen molar-refractivity contribution in [1.29, 1.82) is 0 Å². The Balaban J connectivity index is 2.98. The maximum atomic E-state index is 12.3. The lowest BCUT2D eigenvalue weighted by molar-refractivity contribution is -0.141. The van der Waals surface area contributed by atoms with Crippen molar-refractivity contribution in [3.05, 3.63) is 46.6 Å². The van der Waals surface area contributed by atoms with Crippen molar-refractivity contribution < 1.29 is 24.2 Å². The first-order valence-corrected chi connectivity index (χ1v) is 11.5. The number of ether oxygens (including phenoxy) is 2. The van der Waals surface area contributed by atoms with E-state index in [1.54, 1.807) is 19.1 Å². The van der Waals surface area contributed by atoms with E-state index in [1.165, 1.54) is 11.1 Å². The number of amides is 1. The van der Waals surface area contributed by atoms with Gasteiger partial charge in [0.2, 0.25) is 0 Å². The number of hydrogen-bond acceptors (Lipinski definition) is 5. The highest BCUT2D eigenvalue weighted by Gasteiger charge is 2.15. The highest BCUT2D eigenvalue weighted by Crippen LogP contribution is 2.32. The average Bonchev–Trinajstić information content (AvgIpc) is 2.72. The Kier molecular flexibility index (Phi) is 12.9. The molecule has 0 unspecified atom stereocenters. The maximum absolute atomic E-state index is 12.3. The van der Waals surface area contributed by atoms with Crippen molar-refractivity contribution in [1.82, 2.24) is 5.32 Å². The van der Waals surface area contributed by atoms with Crippen LogP contribution in [0.25, 0.3) is 0 Å². The number of aromatic hydroxyl groups is 1. The van der Waals surface area contributed by atoms with Gasteiger partial charge in [-0.1, -0.05) is 43.1 Å². The zero-order valence-electron chi connectivity index (χ0n) is 20.3. The summed E-state index contributed by atoms with van der Waals surface area (Å²) in [7, 11) is 0. The second-order valence-corrected chi connectivity index (χ2v) is 8.17. The number of nitrogens with one attached hydrogen (secondary N) is 1. The third kappa shape index (κ3) is 11.0. The predicted octanol–water partition coefficient (Wildman–Crippen LogP) is 6.01. The largest absolute Gasteiger partial charge is 0.508 e. The molecule has 0 aliphatic heterocycles. The molecule has 6 nitrogen and oxygen atoms in total. The smallest absolute Gasteiger partial charge is 0.413 e. The number of esters is 1. The molecule has 32 heavy (non-hydrogen) atoms. The molecule has 0 radical (unpaired) electrons. The van der Waals surface area contributed by atoms with Crippen LogP contribution in [0.4, 0.5) is 4.79 Å². The highest BCUT2D eigenvalue weighted by atomic mass is 16.6. The van der Waals surface area contributed by atoms with E-state index in [0.717, 1.165) is 44.1 Å². The molecule has 2 N–H and O–H groups in total. The summed E-state index contributed by atoms with van der Waals surface area (Å²) in [5, 5.41) is 13.1. The standard InChI is InChI=1S/C26H39NO5/c1-6-8-9-13-21-16-23(28)22(15-14-20(5)12-10-11-19(3)4)24(17-21)32-26(30)27-18-25(29)31-7-2/h11,14,16-17,28H,6-10,12-13,15,18H2,1-5H3,(H,27,30)/b20-14+. The van der Waals surface area contributed by atoms with E-state index in [1.807, 2.05) is 6.08 Å². The monoisotopic (exact) mass is 445 g/mol. The number of aryl methyl sites for hydroxylation is 1. The molecule has 0 aliphatic rings. The molecular formula is C26H39NO5. The van der Waals surface area contributed by atoms with Crippen LogP contribution in [0.2, 0.25) is 0 Å². The molecule has 0 aliphatic carbocycles. The van der Waals surface area contributed by atoms with Crippen molar-refractivity contribution >= 4 is 12.1 Å². The minimum absolute atomic E-state index is 0.112. The Bertz CT molecular complexity index is 807. The van der Waals surface area contributed by atoms with E-state index in [2.05, 4.69) is 39.1 Å². The Labute approximate surface area is 192 Å². The summed E-state index contributed by atoms with van der Waals surface area (Å²) < 4.78 is 10.3. The van der Waals surface area contributed by atoms with Crippen LogP contribution in [0, 0.1) is 0 Å². The molecule has 1 aromatic rings. The number of carbonyl (C=O) groups is 2. The molecule has 0 atom stereocenters. The summed E-state index contributed by atoms with van der Waals surface area (Å²) in [6.45, 7) is 10.0. The van der Waals surface area contributed by atoms with Crippen LogP contribution < -0.4 is 10.1 Å². The van der Waals surface area contributed by atoms with Gasteiger partial charge >= 0.3 is 12.1 Å². The van der Waals surface area contributed by atoms with Gasteiger partial charge in [-0.2, -0.15) is 0 Å². The van der Waals surface area contributed by atoms with Gasteiger partial charge in [0.25, 0.3) is 0 Å². The molecule has 1 rings (SSSR count). The van der Waals surface area contributed by atoms with E-state index in [-0.39, 0.29) is 18.9 Å². The van der Waals surface area contributed by atoms with Crippen LogP contribution in [0.3, 0.4) is 0 Å². The first-order valence-electron chi connectivity index (χ1n) is 11.5. The molecule has 0 saturated heterocycles. The summed E-state index contributed by atoms with van der Waals surface area (Å²) in [6, 6.07) is 3.56. The zero-order valence-corrected chi connectivity index (χ0v) is 20.3. The Morgan fingerprint density at radius 3 is 2.50 bits per heavy atom. The topological polar surface area (TPSA) is 84.9 Å². The van der Waals surface area contributed by atoms with Crippen LogP contribution in [0.1, 0.15) is 77.8 Å². The Hall–Kier alpha value is -2.76. The van der Waals surface area contributed by atoms with Crippen molar-refractivity contribution in [2.24, 2.45) is 0 Å². The van der Waals surface area contributed by atoms with E-state index in [4.69, 9.17) is 9.47 Å². The second kappa shape index (κ2) is 15.1. The van der Waals surface area contributed by atoms with Gasteiger partial charge in [0.15, 0.2) is 0 Å². The summed E-state index contributed by atoms with van der Waals surface area (Å²) in [6.07, 6.45) is 9.80. The molecule has 1 amide bonds. The number of rotatable bonds is 13. The van der Waals surface area contributed by atoms with Crippen molar-refractivity contribution in [2.75, 3.05) is 13.2 Å². The molecule has 0 bridgehead atoms. The van der Waals surface area contributed by atoms with E-state index in [9.17, 15) is 14.7 Å². The number of hydrogen-bond donors (Lipinski definition) is 2. The molecule has 1 aromatic carbocycles. The van der Waals surface area contributed by atoms with E-state index < -0.39 is 12.1 Å². The van der Waals surface area contributed by atoms with Crippen molar-refractivity contribution in [3.63, 3.8) is 0 Å². The highest BCUT2D eigenvalue weighted by molar-refractivity contribution is 5.79. The summed E-state index contributed by atoms with van der Waals surface area (Å²) >= 11 is 0. The number of phenols is 1. The lowest BCUT2D eigenvalue weighted by Gasteiger charge is -2.14. The van der Waals surface area contributed by atoms with Gasteiger partial charge in [0.05, 0.1) is 6.61 Å². The minimum atomic E-state index is -0.756. The molecule has 6 heteroatoms. The fraction of sp³-hybridized carbons (Fsp3) is 0.538. The molecular weight excluding hydrogens is 406 g/mol. The molecule has 178 valence electrons. The van der Waals surface area contributed by atoms with Crippen LogP contribution in [0.5, 0.6) is 11.5 Å². The van der Waals surface area contributed by atoms with E-state index >= 15 is 0 Å². The first-order chi connectivity index (χ1) is 15.3. The van der Waals surface area contributed by atoms with Crippen LogP contribution in [-0.2, 0) is 22.4 Å². The number of benzene rings is 1. The molecule has 0 aromatic heterocycles. The minimum Gasteiger partial charge on any atom is -0.508 e. The normalized spacial score (nSPS) is 11.1. The molecule has 0 saturated carbocycles. The molecule has 0 heterocycles. The summed E-state index contributed by atoms with van der Waals surface area (Å²) in [4.78, 5) is 23.7. The first kappa shape index (κ1) is 27.3. The number of allylic oxidation sites excluding steroid dienone is 4. The second-order valence-electron chi connectivity index (χ2n) is 8.17. The van der Waals surface area contributed by atoms with Gasteiger partial charge in [0, 0.05) is 5.56 Å². The van der Waals surface area contributed by atoms with Gasteiger partial charge in [-0.05, 0) is 77.5 Å². The summed E-state index contributed by atoms with van der Waals surface area (Å²) in [5.41, 5.74) is 3.96. The van der Waals surface area contributed by atoms with Crippen LogP contribution >= 0.6 is 0 Å². The van der Waals surface area contributed by atoms with Crippen molar-refractivity contribution in [3.8, 4) is 11.5 Å². The number of carbonyl (C=O) groups excluding carboxylic acids is 2. The third-order valence-electron chi connectivity index (χ3n) is 4.95. The fourth-order valence-corrected chi connectivity index (χ4v) is 3.16. The van der Waals surface area contributed by atoms with Crippen LogP contribution in [0.15, 0.2) is 35.4 Å². The van der Waals surface area contributed by atoms with Gasteiger partial charge < -0.3 is 19.9 Å². The fourth-order valence-electron chi connectivity index (χ4n) is 3.16. The van der Waals surface area contributed by atoms with Gasteiger partial charge in [0.1, 0.15) is 18.0 Å². The Morgan fingerprint density at radius 1 is 1.09 bits per heavy atom. The van der Waals surface area contributed by atoms with Gasteiger partial charge in [-0.25, -0.2) is 4.79 Å². The quantitative estimate of drug-likeness (QED) is 0.221. The van der Waals surface area contributed by atoms with Crippen molar-refractivity contribution in [2.45, 2.75) is 79.6 Å². The number of phenolic OH excluding ortho intramolecular Hbond substituents is 1. The SMILES string of the molecule is CCCCCc1cc(O)c(C/C=C(\C)CCC=C(C)C)c(OC(=O)NCC(=O)OCC)c1. The third-order valence-corrected chi connectivity index (χ3v) is 4.95. The Morgan fingerprint density at radius 2 is 1.84 bits per heavy atom. The molecule has 0 fully saturated rings. The summed E-state index contributed by atoms with van der Waals surface area (Å²) in [5.74, 6) is -0.109.